The molecule has 0 aliphatic heterocycles. The van der Waals surface area contributed by atoms with Crippen LogP contribution in [0.15, 0.2) is 12.5 Å². The van der Waals surface area contributed by atoms with Crippen LogP contribution < -0.4 is 5.73 Å². The lowest BCUT2D eigenvalue weighted by Crippen LogP contribution is -2.20. The maximum Gasteiger partial charge on any atom is 0.0951 e. The molecule has 1 atom stereocenters. The predicted molar refractivity (Wildman–Crippen MR) is 61.5 cm³/mol. The molecule has 2 rings (SSSR count). The first kappa shape index (κ1) is 10.7. The summed E-state index contributed by atoms with van der Waals surface area (Å²) in [7, 11) is 0. The molecule has 1 aliphatic carbocycles. The summed E-state index contributed by atoms with van der Waals surface area (Å²) in [5.74, 6) is 0.892. The second kappa shape index (κ2) is 4.35. The smallest absolute Gasteiger partial charge is 0.0951 e. The summed E-state index contributed by atoms with van der Waals surface area (Å²) in [6, 6.07) is 0.719. The Morgan fingerprint density at radius 3 is 2.67 bits per heavy atom. The van der Waals surface area contributed by atoms with Crippen LogP contribution in [0.25, 0.3) is 0 Å². The molecule has 0 spiro atoms. The third kappa shape index (κ3) is 2.23. The van der Waals surface area contributed by atoms with E-state index in [1.807, 2.05) is 19.4 Å². The summed E-state index contributed by atoms with van der Waals surface area (Å²) < 4.78 is 2.29. The van der Waals surface area contributed by atoms with E-state index in [1.54, 1.807) is 0 Å². The Labute approximate surface area is 91.7 Å². The third-order valence-corrected chi connectivity index (χ3v) is 3.54. The largest absolute Gasteiger partial charge is 0.330 e. The molecule has 0 unspecified atom stereocenters. The summed E-state index contributed by atoms with van der Waals surface area (Å²) in [6.45, 7) is 4.37. The van der Waals surface area contributed by atoms with Gasteiger partial charge in [0.15, 0.2) is 0 Å². The lowest BCUT2D eigenvalue weighted by molar-refractivity contribution is 0.283. The van der Waals surface area contributed by atoms with E-state index in [1.165, 1.54) is 31.4 Å². The molecule has 15 heavy (non-hydrogen) atoms. The van der Waals surface area contributed by atoms with Crippen molar-refractivity contribution in [2.45, 2.75) is 51.6 Å². The molecule has 0 aromatic carbocycles. The standard InChI is InChI=1S/C12H21N3/c1-9-3-5-11(6-4-9)15-8-14-7-12(15)10(2)13/h7-11H,3-6,13H2,1-2H3/t9?,10-,11?/m1/s1. The van der Waals surface area contributed by atoms with E-state index in [0.717, 1.165) is 5.92 Å². The third-order valence-electron chi connectivity index (χ3n) is 3.54. The average Bonchev–Trinajstić information content (AvgIpc) is 2.67. The number of rotatable bonds is 2. The molecule has 1 fully saturated rings. The van der Waals surface area contributed by atoms with Crippen molar-refractivity contribution in [1.82, 2.24) is 9.55 Å². The van der Waals surface area contributed by atoms with Crippen molar-refractivity contribution < 1.29 is 0 Å². The second-order valence-electron chi connectivity index (χ2n) is 4.93. The Kier molecular flexibility index (Phi) is 3.10. The number of nitrogens with zero attached hydrogens (tertiary/aromatic N) is 2. The maximum atomic E-state index is 5.93. The summed E-state index contributed by atoms with van der Waals surface area (Å²) in [5.41, 5.74) is 7.11. The fraction of sp³-hybridized carbons (Fsp3) is 0.750. The number of hydrogen-bond acceptors (Lipinski definition) is 2. The number of hydrogen-bond donors (Lipinski definition) is 1. The van der Waals surface area contributed by atoms with Gasteiger partial charge < -0.3 is 10.3 Å². The molecule has 0 amide bonds. The van der Waals surface area contributed by atoms with E-state index >= 15 is 0 Å². The van der Waals surface area contributed by atoms with Crippen LogP contribution in [0.2, 0.25) is 0 Å². The Hall–Kier alpha value is -0.830. The number of aromatic nitrogens is 2. The van der Waals surface area contributed by atoms with Gasteiger partial charge in [-0.15, -0.1) is 0 Å². The molecule has 84 valence electrons. The van der Waals surface area contributed by atoms with Crippen molar-refractivity contribution in [3.05, 3.63) is 18.2 Å². The molecule has 3 nitrogen and oxygen atoms in total. The van der Waals surface area contributed by atoms with Crippen LogP contribution in [-0.4, -0.2) is 9.55 Å². The molecule has 1 aliphatic rings. The van der Waals surface area contributed by atoms with Gasteiger partial charge >= 0.3 is 0 Å². The van der Waals surface area contributed by atoms with E-state index in [-0.39, 0.29) is 6.04 Å². The van der Waals surface area contributed by atoms with E-state index in [9.17, 15) is 0 Å². The highest BCUT2D eigenvalue weighted by atomic mass is 15.1. The van der Waals surface area contributed by atoms with Gasteiger partial charge in [-0.25, -0.2) is 4.98 Å². The fourth-order valence-electron chi connectivity index (χ4n) is 2.49. The minimum absolute atomic E-state index is 0.0897. The highest BCUT2D eigenvalue weighted by Gasteiger charge is 2.21. The van der Waals surface area contributed by atoms with Gasteiger partial charge in [-0.3, -0.25) is 0 Å². The van der Waals surface area contributed by atoms with E-state index in [2.05, 4.69) is 16.5 Å². The highest BCUT2D eigenvalue weighted by molar-refractivity contribution is 5.05. The molecule has 2 N–H and O–H groups in total. The van der Waals surface area contributed by atoms with Gasteiger partial charge in [0, 0.05) is 18.3 Å². The van der Waals surface area contributed by atoms with Crippen molar-refractivity contribution in [3.63, 3.8) is 0 Å². The van der Waals surface area contributed by atoms with Gasteiger partial charge in [0.05, 0.1) is 12.0 Å². The lowest BCUT2D eigenvalue weighted by Gasteiger charge is -2.29. The van der Waals surface area contributed by atoms with E-state index in [0.29, 0.717) is 6.04 Å². The highest BCUT2D eigenvalue weighted by Crippen LogP contribution is 2.33. The van der Waals surface area contributed by atoms with Crippen LogP contribution in [-0.2, 0) is 0 Å². The Morgan fingerprint density at radius 1 is 1.40 bits per heavy atom. The number of imidazole rings is 1. The molecule has 1 heterocycles. The zero-order valence-electron chi connectivity index (χ0n) is 9.69. The van der Waals surface area contributed by atoms with Crippen molar-refractivity contribution in [2.24, 2.45) is 11.7 Å². The molecular formula is C12H21N3. The maximum absolute atomic E-state index is 5.93. The molecule has 3 heteroatoms. The minimum atomic E-state index is 0.0897. The van der Waals surface area contributed by atoms with E-state index in [4.69, 9.17) is 5.73 Å². The monoisotopic (exact) mass is 207 g/mol. The van der Waals surface area contributed by atoms with Gasteiger partial charge in [0.1, 0.15) is 0 Å². The van der Waals surface area contributed by atoms with Gasteiger partial charge in [-0.05, 0) is 38.5 Å². The van der Waals surface area contributed by atoms with Crippen molar-refractivity contribution >= 4 is 0 Å². The molecule has 0 bridgehead atoms. The van der Waals surface area contributed by atoms with Crippen molar-refractivity contribution in [1.29, 1.82) is 0 Å². The first-order valence-corrected chi connectivity index (χ1v) is 5.95. The average molecular weight is 207 g/mol. The van der Waals surface area contributed by atoms with Crippen LogP contribution >= 0.6 is 0 Å². The van der Waals surface area contributed by atoms with Crippen LogP contribution in [0.4, 0.5) is 0 Å². The predicted octanol–water partition coefficient (Wildman–Crippen LogP) is 2.65. The number of nitrogens with two attached hydrogens (primary N) is 1. The van der Waals surface area contributed by atoms with Crippen molar-refractivity contribution in [2.75, 3.05) is 0 Å². The Balaban J connectivity index is 2.12. The van der Waals surface area contributed by atoms with Gasteiger partial charge in [0.2, 0.25) is 0 Å². The zero-order chi connectivity index (χ0) is 10.8. The lowest BCUT2D eigenvalue weighted by atomic mass is 9.87. The van der Waals surface area contributed by atoms with Crippen LogP contribution in [0.3, 0.4) is 0 Å². The molecule has 1 saturated carbocycles. The Morgan fingerprint density at radius 2 is 2.07 bits per heavy atom. The second-order valence-corrected chi connectivity index (χ2v) is 4.93. The minimum Gasteiger partial charge on any atom is -0.330 e. The topological polar surface area (TPSA) is 43.8 Å². The summed E-state index contributed by atoms with van der Waals surface area (Å²) in [5, 5.41) is 0. The first-order valence-electron chi connectivity index (χ1n) is 5.95. The molecule has 0 radical (unpaired) electrons. The SMILES string of the molecule is CC1CCC(n2cncc2[C@@H](C)N)CC1. The zero-order valence-corrected chi connectivity index (χ0v) is 9.69. The molecule has 0 saturated heterocycles. The van der Waals surface area contributed by atoms with Gasteiger partial charge in [-0.1, -0.05) is 6.92 Å². The van der Waals surface area contributed by atoms with Crippen molar-refractivity contribution in [3.8, 4) is 0 Å². The summed E-state index contributed by atoms with van der Waals surface area (Å²) in [4.78, 5) is 4.22. The first-order chi connectivity index (χ1) is 7.18. The molecule has 1 aromatic rings. The van der Waals surface area contributed by atoms with Gasteiger partial charge in [-0.2, -0.15) is 0 Å². The van der Waals surface area contributed by atoms with Crippen LogP contribution in [0, 0.1) is 5.92 Å². The summed E-state index contributed by atoms with van der Waals surface area (Å²) >= 11 is 0. The van der Waals surface area contributed by atoms with Gasteiger partial charge in [0.25, 0.3) is 0 Å². The molecule has 1 aromatic heterocycles. The fourth-order valence-corrected chi connectivity index (χ4v) is 2.49. The van der Waals surface area contributed by atoms with E-state index < -0.39 is 0 Å². The quantitative estimate of drug-likeness (QED) is 0.810. The Bertz CT molecular complexity index is 308. The van der Waals surface area contributed by atoms with Crippen LogP contribution in [0.5, 0.6) is 0 Å². The normalized spacial score (nSPS) is 29.0. The molecular weight excluding hydrogens is 186 g/mol. The summed E-state index contributed by atoms with van der Waals surface area (Å²) in [6.07, 6.45) is 9.07. The van der Waals surface area contributed by atoms with Crippen LogP contribution in [0.1, 0.15) is 57.3 Å².